The first-order chi connectivity index (χ1) is 3.41. The second-order valence-electron chi connectivity index (χ2n) is 0.732. The van der Waals surface area contributed by atoms with Crippen LogP contribution in [0.15, 0.2) is 0 Å². The molecule has 0 aliphatic carbocycles. The lowest BCUT2D eigenvalue weighted by atomic mass is 11.0. The topological polar surface area (TPSA) is 0 Å². The van der Waals surface area contributed by atoms with Crippen LogP contribution in [0.1, 0.15) is 0 Å². The lowest BCUT2D eigenvalue weighted by molar-refractivity contribution is 1.53. The molecule has 0 bridgehead atoms. The van der Waals surface area contributed by atoms with Gasteiger partial charge in [-0.15, -0.1) is 11.6 Å². The summed E-state index contributed by atoms with van der Waals surface area (Å²) in [7, 11) is -0.161. The quantitative estimate of drug-likeness (QED) is 0.382. The summed E-state index contributed by atoms with van der Waals surface area (Å²) in [5.41, 5.74) is 0. The van der Waals surface area contributed by atoms with Gasteiger partial charge in [0.1, 0.15) is 8.83 Å². The molecule has 0 rings (SSSR count). The second-order valence-corrected chi connectivity index (χ2v) is 3.74. The van der Waals surface area contributed by atoms with Crippen LogP contribution < -0.4 is 0 Å². The van der Waals surface area contributed by atoms with Gasteiger partial charge in [-0.25, -0.2) is 0 Å². The fraction of sp³-hybridized carbons (Fsp3) is 1.00. The molecule has 46 valence electrons. The van der Waals surface area contributed by atoms with Crippen molar-refractivity contribution >= 4 is 47.4 Å². The molecule has 0 spiro atoms. The molecule has 0 aromatic heterocycles. The summed E-state index contributed by atoms with van der Waals surface area (Å²) < 4.78 is 0. The van der Waals surface area contributed by atoms with Gasteiger partial charge in [0.25, 0.3) is 0 Å². The third kappa shape index (κ3) is 18.9. The van der Waals surface area contributed by atoms with Crippen LogP contribution in [0.25, 0.3) is 0 Å². The molecule has 0 atom stereocenters. The van der Waals surface area contributed by atoms with Gasteiger partial charge >= 0.3 is 0 Å². The fourth-order valence-electron chi connectivity index (χ4n) is 0.0505. The molecule has 0 amide bonds. The maximum absolute atomic E-state index is 5.41. The molecule has 0 unspecified atom stereocenters. The third-order valence-corrected chi connectivity index (χ3v) is 3.29. The van der Waals surface area contributed by atoms with Gasteiger partial charge in [-0.3, -0.25) is 0 Å². The highest BCUT2D eigenvalue weighted by molar-refractivity contribution is 9.09. The summed E-state index contributed by atoms with van der Waals surface area (Å²) >= 11 is 13.3. The monoisotopic (exact) mass is 222 g/mol. The van der Waals surface area contributed by atoms with Gasteiger partial charge in [0.05, 0.1) is 0 Å². The van der Waals surface area contributed by atoms with Gasteiger partial charge < -0.3 is 0 Å². The molecule has 7 heavy (non-hydrogen) atoms. The normalized spacial score (nSPS) is 8.57. The van der Waals surface area contributed by atoms with E-state index in [1.807, 2.05) is 0 Å². The van der Waals surface area contributed by atoms with E-state index in [0.717, 1.165) is 5.33 Å². The Labute approximate surface area is 65.2 Å². The summed E-state index contributed by atoms with van der Waals surface area (Å²) in [5, 5.41) is 1.09. The molecule has 0 aliphatic rings. The molecular weight excluding hydrogens is 215 g/mol. The number of hydrogen-bond donors (Lipinski definition) is 0. The summed E-state index contributed by atoms with van der Waals surface area (Å²) in [4.78, 5) is 0. The lowest BCUT2D eigenvalue weighted by Gasteiger charge is -1.74. The molecule has 0 aromatic carbocycles. The highest BCUT2D eigenvalue weighted by Crippen LogP contribution is 1.86. The summed E-state index contributed by atoms with van der Waals surface area (Å²) in [6.45, 7) is 0. The molecule has 0 aromatic rings. The van der Waals surface area contributed by atoms with Crippen LogP contribution in [0.3, 0.4) is 0 Å². The number of halogens is 3. The van der Waals surface area contributed by atoms with Crippen molar-refractivity contribution < 1.29 is 0 Å². The molecule has 4 heteroatoms. The molecule has 0 saturated carbocycles. The number of rotatable bonds is 2. The fourth-order valence-corrected chi connectivity index (χ4v) is 2.36. The largest absolute Gasteiger partial charge is 0.176 e. The van der Waals surface area contributed by atoms with Crippen molar-refractivity contribution in [2.45, 2.75) is 6.04 Å². The van der Waals surface area contributed by atoms with Gasteiger partial charge in [0.15, 0.2) is 0 Å². The first kappa shape index (κ1) is 11.1. The zero-order valence-electron chi connectivity index (χ0n) is 4.26. The predicted octanol–water partition coefficient (Wildman–Crippen LogP) is 1.98. The van der Waals surface area contributed by atoms with E-state index in [-0.39, 0.29) is 8.83 Å². The predicted molar refractivity (Wildman–Crippen MR) is 44.8 cm³/mol. The Morgan fingerprint density at radius 3 is 2.00 bits per heavy atom. The summed E-state index contributed by atoms with van der Waals surface area (Å²) in [6, 6.07) is 1.21. The van der Waals surface area contributed by atoms with E-state index in [1.54, 1.807) is 0 Å². The zero-order valence-corrected chi connectivity index (χ0v) is 8.77. The Bertz CT molecular complexity index is 20.4. The average Bonchev–Trinajstić information content (AvgIpc) is 1.75. The van der Waals surface area contributed by atoms with E-state index in [0.29, 0.717) is 0 Å². The molecule has 0 N–H and O–H groups in total. The van der Waals surface area contributed by atoms with Crippen molar-refractivity contribution in [2.75, 3.05) is 11.7 Å². The lowest BCUT2D eigenvalue weighted by Crippen LogP contribution is -1.73. The van der Waals surface area contributed by atoms with Crippen molar-refractivity contribution in [3.05, 3.63) is 0 Å². The molecule has 0 saturated heterocycles. The Morgan fingerprint density at radius 1 is 1.57 bits per heavy atom. The maximum atomic E-state index is 5.41. The number of alkyl halides is 2. The van der Waals surface area contributed by atoms with E-state index in [4.69, 9.17) is 11.1 Å². The van der Waals surface area contributed by atoms with Gasteiger partial charge in [0, 0.05) is 11.7 Å². The third-order valence-electron chi connectivity index (χ3n) is 0.267. The minimum Gasteiger partial charge on any atom is -0.176 e. The average molecular weight is 224 g/mol. The maximum Gasteiger partial charge on any atom is 0.126 e. The SMILES string of the molecule is CCl.Cl[SiH2]CCBr. The smallest absolute Gasteiger partial charge is 0.126 e. The van der Waals surface area contributed by atoms with Crippen LogP contribution in [0, 0.1) is 0 Å². The van der Waals surface area contributed by atoms with E-state index in [2.05, 4.69) is 27.5 Å². The highest BCUT2D eigenvalue weighted by atomic mass is 79.9. The van der Waals surface area contributed by atoms with Gasteiger partial charge in [-0.05, 0) is 6.04 Å². The van der Waals surface area contributed by atoms with Crippen LogP contribution in [0.4, 0.5) is 0 Å². The van der Waals surface area contributed by atoms with Gasteiger partial charge in [0.2, 0.25) is 0 Å². The van der Waals surface area contributed by atoms with Crippen LogP contribution in [0.2, 0.25) is 6.04 Å². The molecule has 0 fully saturated rings. The Balaban J connectivity index is 0. The van der Waals surface area contributed by atoms with Crippen molar-refractivity contribution in [3.63, 3.8) is 0 Å². The first-order valence-corrected chi connectivity index (χ1v) is 6.93. The molecule has 0 nitrogen and oxygen atoms in total. The molecule has 0 heterocycles. The molecule has 0 radical (unpaired) electrons. The van der Waals surface area contributed by atoms with E-state index in [1.165, 1.54) is 12.4 Å². The van der Waals surface area contributed by atoms with Gasteiger partial charge in [-0.2, -0.15) is 11.1 Å². The van der Waals surface area contributed by atoms with Crippen LogP contribution in [-0.2, 0) is 0 Å². The van der Waals surface area contributed by atoms with Crippen molar-refractivity contribution in [1.29, 1.82) is 0 Å². The van der Waals surface area contributed by atoms with Crippen LogP contribution in [-0.4, -0.2) is 20.5 Å². The Hall–Kier alpha value is 1.28. The van der Waals surface area contributed by atoms with Crippen LogP contribution in [0.5, 0.6) is 0 Å². The summed E-state index contributed by atoms with van der Waals surface area (Å²) in [5.74, 6) is 0. The minimum atomic E-state index is -0.161. The highest BCUT2D eigenvalue weighted by Gasteiger charge is 1.73. The molecular formula is C3H9BrCl2Si. The van der Waals surface area contributed by atoms with Gasteiger partial charge in [-0.1, -0.05) is 15.9 Å². The summed E-state index contributed by atoms with van der Waals surface area (Å²) in [6.07, 6.45) is 1.47. The van der Waals surface area contributed by atoms with E-state index >= 15 is 0 Å². The second kappa shape index (κ2) is 15.7. The van der Waals surface area contributed by atoms with Crippen molar-refractivity contribution in [2.24, 2.45) is 0 Å². The Kier molecular flexibility index (Phi) is 24.9. The standard InChI is InChI=1S/C2H6BrClSi.CH3Cl/c3-1-2-5-4;1-2/h1-2,5H2;1H3. The number of hydrogen-bond acceptors (Lipinski definition) is 0. The minimum absolute atomic E-state index is 0.161. The Morgan fingerprint density at radius 2 is 2.00 bits per heavy atom. The van der Waals surface area contributed by atoms with Crippen LogP contribution >= 0.6 is 38.6 Å². The zero-order chi connectivity index (χ0) is 6.12. The van der Waals surface area contributed by atoms with E-state index < -0.39 is 0 Å². The van der Waals surface area contributed by atoms with E-state index in [9.17, 15) is 0 Å². The first-order valence-electron chi connectivity index (χ1n) is 1.91. The molecule has 0 aliphatic heterocycles. The van der Waals surface area contributed by atoms with Crippen molar-refractivity contribution in [3.8, 4) is 0 Å². The van der Waals surface area contributed by atoms with Crippen molar-refractivity contribution in [1.82, 2.24) is 0 Å².